The zero-order chi connectivity index (χ0) is 5.98. The average Bonchev–Trinajstić information content (AvgIpc) is 2.14. The molecule has 0 aliphatic heterocycles. The van der Waals surface area contributed by atoms with E-state index < -0.39 is 0 Å². The van der Waals surface area contributed by atoms with E-state index >= 15 is 0 Å². The summed E-state index contributed by atoms with van der Waals surface area (Å²) in [6.07, 6.45) is 4.48. The minimum absolute atomic E-state index is 0.574. The first kappa shape index (κ1) is 6.09. The molecule has 2 atom stereocenters. The summed E-state index contributed by atoms with van der Waals surface area (Å²) in [5.41, 5.74) is 0. The van der Waals surface area contributed by atoms with Crippen LogP contribution in [0.4, 0.5) is 0 Å². The average molecular weight is 114 g/mol. The van der Waals surface area contributed by atoms with Gasteiger partial charge in [0.1, 0.15) is 0 Å². The molecule has 1 unspecified atom stereocenters. The molecule has 1 rings (SSSR count). The Morgan fingerprint density at radius 3 is 2.38 bits per heavy atom. The van der Waals surface area contributed by atoms with Gasteiger partial charge in [0.25, 0.3) is 0 Å². The van der Waals surface area contributed by atoms with E-state index in [1.54, 1.807) is 0 Å². The lowest BCUT2D eigenvalue weighted by Gasteiger charge is -2.04. The summed E-state index contributed by atoms with van der Waals surface area (Å²) in [6.45, 7) is 2.29. The molecule has 0 spiro atoms. The molecule has 1 aliphatic carbocycles. The van der Waals surface area contributed by atoms with Crippen LogP contribution in [0, 0.1) is 5.92 Å². The van der Waals surface area contributed by atoms with Gasteiger partial charge >= 0.3 is 0 Å². The van der Waals surface area contributed by atoms with Crippen molar-refractivity contribution < 1.29 is 4.74 Å². The summed E-state index contributed by atoms with van der Waals surface area (Å²) in [7, 11) is 1.81. The van der Waals surface area contributed by atoms with Gasteiger partial charge in [-0.3, -0.25) is 0 Å². The molecule has 0 aromatic heterocycles. The highest BCUT2D eigenvalue weighted by molar-refractivity contribution is 4.71. The summed E-state index contributed by atoms with van der Waals surface area (Å²) < 4.78 is 5.18. The number of methoxy groups -OCH3 is 1. The van der Waals surface area contributed by atoms with Crippen LogP contribution in [0.2, 0.25) is 0 Å². The van der Waals surface area contributed by atoms with Crippen LogP contribution in [0.1, 0.15) is 26.2 Å². The van der Waals surface area contributed by atoms with E-state index in [4.69, 9.17) is 4.74 Å². The maximum atomic E-state index is 5.18. The van der Waals surface area contributed by atoms with Crippen molar-refractivity contribution >= 4 is 0 Å². The monoisotopic (exact) mass is 114 g/mol. The maximum Gasteiger partial charge on any atom is 0.0574 e. The van der Waals surface area contributed by atoms with E-state index in [2.05, 4.69) is 6.92 Å². The molecule has 1 nitrogen and oxygen atoms in total. The van der Waals surface area contributed by atoms with Crippen molar-refractivity contribution in [2.24, 2.45) is 5.92 Å². The summed E-state index contributed by atoms with van der Waals surface area (Å²) in [5.74, 6) is 0.903. The van der Waals surface area contributed by atoms with Gasteiger partial charge in [0.05, 0.1) is 6.10 Å². The predicted molar refractivity (Wildman–Crippen MR) is 33.8 cm³/mol. The van der Waals surface area contributed by atoms with E-state index in [1.165, 1.54) is 19.3 Å². The zero-order valence-electron chi connectivity index (χ0n) is 5.68. The Morgan fingerprint density at radius 1 is 1.38 bits per heavy atom. The van der Waals surface area contributed by atoms with Gasteiger partial charge in [-0.1, -0.05) is 6.92 Å². The Morgan fingerprint density at radius 2 is 2.12 bits per heavy atom. The second-order valence-corrected chi connectivity index (χ2v) is 2.78. The minimum Gasteiger partial charge on any atom is -0.381 e. The molecule has 0 aromatic carbocycles. The van der Waals surface area contributed by atoms with Crippen LogP contribution in [0.25, 0.3) is 0 Å². The normalized spacial score (nSPS) is 38.2. The Balaban J connectivity index is 2.22. The smallest absolute Gasteiger partial charge is 0.0574 e. The molecule has 0 amide bonds. The highest BCUT2D eigenvalue weighted by Gasteiger charge is 2.19. The third-order valence-electron chi connectivity index (χ3n) is 1.98. The second kappa shape index (κ2) is 2.49. The number of rotatable bonds is 1. The molecule has 0 bridgehead atoms. The fourth-order valence-electron chi connectivity index (χ4n) is 1.37. The van der Waals surface area contributed by atoms with Gasteiger partial charge < -0.3 is 4.74 Å². The number of hydrogen-bond acceptors (Lipinski definition) is 1. The van der Waals surface area contributed by atoms with Gasteiger partial charge in [0.15, 0.2) is 0 Å². The molecule has 48 valence electrons. The lowest BCUT2D eigenvalue weighted by molar-refractivity contribution is 0.106. The van der Waals surface area contributed by atoms with Crippen LogP contribution in [-0.2, 0) is 4.74 Å². The molecule has 1 fully saturated rings. The third-order valence-corrected chi connectivity index (χ3v) is 1.98. The molecule has 0 radical (unpaired) electrons. The van der Waals surface area contributed by atoms with Crippen LogP contribution in [0.3, 0.4) is 0 Å². The molecule has 1 heteroatoms. The first-order chi connectivity index (χ1) is 3.83. The summed E-state index contributed by atoms with van der Waals surface area (Å²) in [6, 6.07) is 0. The first-order valence-electron chi connectivity index (χ1n) is 3.35. The van der Waals surface area contributed by atoms with Crippen molar-refractivity contribution in [2.45, 2.75) is 32.3 Å². The molecule has 0 aromatic rings. The Hall–Kier alpha value is -0.0400. The SMILES string of the molecule is COC1CC[C@H](C)C1. The summed E-state index contributed by atoms with van der Waals surface area (Å²) >= 11 is 0. The molecular formula is C7H14O. The van der Waals surface area contributed by atoms with Crippen LogP contribution >= 0.6 is 0 Å². The minimum atomic E-state index is 0.574. The van der Waals surface area contributed by atoms with E-state index in [0.717, 1.165) is 5.92 Å². The third kappa shape index (κ3) is 1.22. The van der Waals surface area contributed by atoms with Crippen molar-refractivity contribution in [3.8, 4) is 0 Å². The van der Waals surface area contributed by atoms with Gasteiger partial charge in [-0.2, -0.15) is 0 Å². The number of hydrogen-bond donors (Lipinski definition) is 0. The second-order valence-electron chi connectivity index (χ2n) is 2.78. The highest BCUT2D eigenvalue weighted by Crippen LogP contribution is 2.26. The highest BCUT2D eigenvalue weighted by atomic mass is 16.5. The van der Waals surface area contributed by atoms with Crippen molar-refractivity contribution in [2.75, 3.05) is 7.11 Å². The zero-order valence-corrected chi connectivity index (χ0v) is 5.68. The largest absolute Gasteiger partial charge is 0.381 e. The van der Waals surface area contributed by atoms with Gasteiger partial charge in [-0.15, -0.1) is 0 Å². The van der Waals surface area contributed by atoms with Gasteiger partial charge in [-0.05, 0) is 25.2 Å². The Labute approximate surface area is 51.0 Å². The fourth-order valence-corrected chi connectivity index (χ4v) is 1.37. The van der Waals surface area contributed by atoms with Gasteiger partial charge in [0, 0.05) is 7.11 Å². The topological polar surface area (TPSA) is 9.23 Å². The van der Waals surface area contributed by atoms with Crippen LogP contribution in [-0.4, -0.2) is 13.2 Å². The number of ether oxygens (including phenoxy) is 1. The van der Waals surface area contributed by atoms with E-state index in [9.17, 15) is 0 Å². The molecule has 1 aliphatic rings. The molecule has 0 saturated heterocycles. The van der Waals surface area contributed by atoms with Gasteiger partial charge in [-0.25, -0.2) is 0 Å². The molecular weight excluding hydrogens is 100 g/mol. The quantitative estimate of drug-likeness (QED) is 0.505. The first-order valence-corrected chi connectivity index (χ1v) is 3.35. The summed E-state index contributed by atoms with van der Waals surface area (Å²) in [5, 5.41) is 0. The van der Waals surface area contributed by atoms with Crippen molar-refractivity contribution in [1.29, 1.82) is 0 Å². The van der Waals surface area contributed by atoms with Crippen molar-refractivity contribution in [3.63, 3.8) is 0 Å². The van der Waals surface area contributed by atoms with Crippen molar-refractivity contribution in [1.82, 2.24) is 0 Å². The molecule has 8 heavy (non-hydrogen) atoms. The molecule has 0 N–H and O–H groups in total. The van der Waals surface area contributed by atoms with Gasteiger partial charge in [0.2, 0.25) is 0 Å². The standard InChI is InChI=1S/C7H14O/c1-6-3-4-7(5-6)8-2/h6-7H,3-5H2,1-2H3/t6-,7?/m0/s1. The lowest BCUT2D eigenvalue weighted by atomic mass is 10.1. The van der Waals surface area contributed by atoms with Crippen molar-refractivity contribution in [3.05, 3.63) is 0 Å². The molecule has 0 heterocycles. The lowest BCUT2D eigenvalue weighted by Crippen LogP contribution is -2.03. The maximum absolute atomic E-state index is 5.18. The van der Waals surface area contributed by atoms with E-state index in [-0.39, 0.29) is 0 Å². The van der Waals surface area contributed by atoms with E-state index in [0.29, 0.717) is 6.10 Å². The van der Waals surface area contributed by atoms with Crippen LogP contribution in [0.5, 0.6) is 0 Å². The Bertz CT molecular complexity index is 70.8. The predicted octanol–water partition coefficient (Wildman–Crippen LogP) is 1.82. The van der Waals surface area contributed by atoms with Crippen LogP contribution < -0.4 is 0 Å². The summed E-state index contributed by atoms with van der Waals surface area (Å²) in [4.78, 5) is 0. The van der Waals surface area contributed by atoms with Crippen LogP contribution in [0.15, 0.2) is 0 Å². The van der Waals surface area contributed by atoms with E-state index in [1.807, 2.05) is 7.11 Å². The fraction of sp³-hybridized carbons (Fsp3) is 1.00. The Kier molecular flexibility index (Phi) is 1.90. The molecule has 1 saturated carbocycles.